The second-order valence-corrected chi connectivity index (χ2v) is 9.48. The summed E-state index contributed by atoms with van der Waals surface area (Å²) in [5.74, 6) is -4.22. The van der Waals surface area contributed by atoms with Crippen LogP contribution in [0.4, 0.5) is 30.2 Å². The summed E-state index contributed by atoms with van der Waals surface area (Å²) in [7, 11) is 0. The Bertz CT molecular complexity index is 1730. The fourth-order valence-corrected chi connectivity index (χ4v) is 4.98. The highest BCUT2D eigenvalue weighted by molar-refractivity contribution is 6.13. The van der Waals surface area contributed by atoms with Gasteiger partial charge in [0, 0.05) is 36.5 Å². The predicted molar refractivity (Wildman–Crippen MR) is 144 cm³/mol. The Kier molecular flexibility index (Phi) is 6.28. The van der Waals surface area contributed by atoms with E-state index in [1.165, 1.54) is 0 Å². The zero-order valence-corrected chi connectivity index (χ0v) is 20.6. The number of hydrogen-bond acceptors (Lipinski definition) is 4. The van der Waals surface area contributed by atoms with Gasteiger partial charge in [0.2, 0.25) is 0 Å². The summed E-state index contributed by atoms with van der Waals surface area (Å²) in [6.45, 7) is 0.202. The van der Waals surface area contributed by atoms with Crippen molar-refractivity contribution in [2.24, 2.45) is 0 Å². The number of benzene rings is 3. The molecule has 0 saturated heterocycles. The van der Waals surface area contributed by atoms with E-state index in [1.54, 1.807) is 23.0 Å². The third kappa shape index (κ3) is 4.61. The number of aliphatic hydroxyl groups excluding tert-OH is 1. The van der Waals surface area contributed by atoms with E-state index in [4.69, 9.17) is 0 Å². The van der Waals surface area contributed by atoms with Crippen LogP contribution in [0.25, 0.3) is 22.0 Å². The van der Waals surface area contributed by atoms with Gasteiger partial charge in [-0.05, 0) is 72.0 Å². The molecule has 6 rings (SSSR count). The Hall–Kier alpha value is -4.63. The number of rotatable bonds is 6. The van der Waals surface area contributed by atoms with Crippen LogP contribution in [-0.2, 0) is 13.0 Å². The molecule has 196 valence electrons. The average molecular weight is 529 g/mol. The van der Waals surface area contributed by atoms with Crippen LogP contribution in [0, 0.1) is 17.5 Å². The molecule has 0 unspecified atom stereocenters. The van der Waals surface area contributed by atoms with Gasteiger partial charge in [-0.1, -0.05) is 12.1 Å². The van der Waals surface area contributed by atoms with Crippen LogP contribution in [0.3, 0.4) is 0 Å². The zero-order valence-electron chi connectivity index (χ0n) is 20.6. The van der Waals surface area contributed by atoms with E-state index in [0.29, 0.717) is 29.8 Å². The lowest BCUT2D eigenvalue weighted by atomic mass is 10.0. The van der Waals surface area contributed by atoms with E-state index in [0.717, 1.165) is 45.4 Å². The molecule has 0 aliphatic carbocycles. The molecule has 3 N–H and O–H groups in total. The summed E-state index contributed by atoms with van der Waals surface area (Å²) in [5.41, 5.74) is 6.21. The van der Waals surface area contributed by atoms with Crippen molar-refractivity contribution in [3.8, 4) is 11.1 Å². The van der Waals surface area contributed by atoms with Gasteiger partial charge >= 0.3 is 0 Å². The Morgan fingerprint density at radius 3 is 2.46 bits per heavy atom. The molecule has 2 aromatic heterocycles. The van der Waals surface area contributed by atoms with Gasteiger partial charge in [-0.15, -0.1) is 0 Å². The maximum absolute atomic E-state index is 13.9. The van der Waals surface area contributed by atoms with Crippen molar-refractivity contribution in [2.75, 3.05) is 17.2 Å². The topological polar surface area (TPSA) is 79.2 Å². The van der Waals surface area contributed by atoms with Crippen molar-refractivity contribution in [3.05, 3.63) is 107 Å². The number of hydrogen-bond donors (Lipinski definition) is 3. The molecule has 5 aromatic rings. The van der Waals surface area contributed by atoms with Crippen LogP contribution in [-0.4, -0.2) is 27.2 Å². The molecule has 1 aliphatic rings. The number of amides is 1. The molecule has 6 nitrogen and oxygen atoms in total. The SMILES string of the molecule is O=C1Nc2ccc(CCCO)cc2Nc2cc(-c3cn(Cc4cc(F)c(F)c(F)c4)c4cnccc34)ccc21. The number of anilines is 3. The van der Waals surface area contributed by atoms with Gasteiger partial charge in [0.15, 0.2) is 17.5 Å². The monoisotopic (exact) mass is 528 g/mol. The lowest BCUT2D eigenvalue weighted by molar-refractivity contribution is 0.102. The van der Waals surface area contributed by atoms with Gasteiger partial charge in [0.25, 0.3) is 5.91 Å². The number of pyridine rings is 1. The highest BCUT2D eigenvalue weighted by Gasteiger charge is 2.21. The van der Waals surface area contributed by atoms with Gasteiger partial charge in [0.05, 0.1) is 34.3 Å². The predicted octanol–water partition coefficient (Wildman–Crippen LogP) is 6.40. The first-order valence-electron chi connectivity index (χ1n) is 12.4. The van der Waals surface area contributed by atoms with Crippen LogP contribution in [0.5, 0.6) is 0 Å². The van der Waals surface area contributed by atoms with E-state index in [9.17, 15) is 23.1 Å². The van der Waals surface area contributed by atoms with E-state index < -0.39 is 17.5 Å². The molecular weight excluding hydrogens is 505 g/mol. The molecular formula is C30H23F3N4O2. The summed E-state index contributed by atoms with van der Waals surface area (Å²) in [6, 6.07) is 15.0. The molecule has 0 spiro atoms. The van der Waals surface area contributed by atoms with Crippen LogP contribution in [0.15, 0.2) is 73.2 Å². The van der Waals surface area contributed by atoms with Crippen molar-refractivity contribution in [1.82, 2.24) is 9.55 Å². The summed E-state index contributed by atoms with van der Waals surface area (Å²) >= 11 is 0. The largest absolute Gasteiger partial charge is 0.396 e. The minimum atomic E-state index is -1.50. The van der Waals surface area contributed by atoms with Crippen molar-refractivity contribution in [1.29, 1.82) is 0 Å². The number of aliphatic hydroxyl groups is 1. The summed E-state index contributed by atoms with van der Waals surface area (Å²) < 4.78 is 43.0. The third-order valence-corrected chi connectivity index (χ3v) is 6.88. The smallest absolute Gasteiger partial charge is 0.257 e. The quantitative estimate of drug-likeness (QED) is 0.223. The standard InChI is InChI=1S/C30H23F3N4O2/c31-23-10-18(11-24(32)29(23)33)15-37-16-22(20-7-8-34-14-28(20)37)19-4-5-21-26(13-19)35-27-12-17(2-1-9-38)3-6-25(27)36-30(21)39/h3-8,10-14,16,35,38H,1-2,9,15H2,(H,36,39). The molecule has 0 atom stereocenters. The van der Waals surface area contributed by atoms with Gasteiger partial charge < -0.3 is 20.3 Å². The lowest BCUT2D eigenvalue weighted by Gasteiger charge is -2.12. The first-order valence-corrected chi connectivity index (χ1v) is 12.4. The number of nitrogens with one attached hydrogen (secondary N) is 2. The Balaban J connectivity index is 1.40. The Morgan fingerprint density at radius 2 is 1.67 bits per heavy atom. The van der Waals surface area contributed by atoms with Gasteiger partial charge in [0.1, 0.15) is 0 Å². The third-order valence-electron chi connectivity index (χ3n) is 6.88. The number of fused-ring (bicyclic) bond motifs is 3. The van der Waals surface area contributed by atoms with E-state index in [1.807, 2.05) is 42.6 Å². The summed E-state index contributed by atoms with van der Waals surface area (Å²) in [6.07, 6.45) is 6.52. The van der Waals surface area contributed by atoms with Gasteiger partial charge in [-0.3, -0.25) is 9.78 Å². The summed E-state index contributed by atoms with van der Waals surface area (Å²) in [5, 5.41) is 16.4. The van der Waals surface area contributed by atoms with Crippen LogP contribution < -0.4 is 10.6 Å². The average Bonchev–Trinajstić information content (AvgIpc) is 3.22. The normalized spacial score (nSPS) is 12.5. The molecule has 0 bridgehead atoms. The molecule has 39 heavy (non-hydrogen) atoms. The molecule has 0 fully saturated rings. The Morgan fingerprint density at radius 1 is 0.846 bits per heavy atom. The zero-order chi connectivity index (χ0) is 27.1. The minimum absolute atomic E-state index is 0.0988. The number of nitrogens with zero attached hydrogens (tertiary/aromatic N) is 2. The van der Waals surface area contributed by atoms with Crippen molar-refractivity contribution < 1.29 is 23.1 Å². The van der Waals surface area contributed by atoms with E-state index in [2.05, 4.69) is 15.6 Å². The number of aromatic nitrogens is 2. The maximum atomic E-state index is 13.9. The fourth-order valence-electron chi connectivity index (χ4n) is 4.98. The van der Waals surface area contributed by atoms with Crippen LogP contribution in [0.2, 0.25) is 0 Å². The number of halogens is 3. The second kappa shape index (κ2) is 9.92. The highest BCUT2D eigenvalue weighted by atomic mass is 19.2. The first kappa shape index (κ1) is 24.7. The van der Waals surface area contributed by atoms with Gasteiger partial charge in [-0.25, -0.2) is 13.2 Å². The number of aryl methyl sites for hydroxylation is 1. The van der Waals surface area contributed by atoms with Crippen LogP contribution in [0.1, 0.15) is 27.9 Å². The Labute approximate surface area is 221 Å². The van der Waals surface area contributed by atoms with Crippen molar-refractivity contribution in [3.63, 3.8) is 0 Å². The molecule has 0 radical (unpaired) electrons. The lowest BCUT2D eigenvalue weighted by Crippen LogP contribution is -2.10. The van der Waals surface area contributed by atoms with Crippen molar-refractivity contribution in [2.45, 2.75) is 19.4 Å². The maximum Gasteiger partial charge on any atom is 0.257 e. The van der Waals surface area contributed by atoms with E-state index >= 15 is 0 Å². The number of carbonyl (C=O) groups excluding carboxylic acids is 1. The number of carbonyl (C=O) groups is 1. The van der Waals surface area contributed by atoms with Crippen LogP contribution >= 0.6 is 0 Å². The summed E-state index contributed by atoms with van der Waals surface area (Å²) in [4.78, 5) is 17.2. The minimum Gasteiger partial charge on any atom is -0.396 e. The van der Waals surface area contributed by atoms with Crippen molar-refractivity contribution >= 4 is 33.9 Å². The second-order valence-electron chi connectivity index (χ2n) is 9.48. The molecule has 1 aliphatic heterocycles. The van der Waals surface area contributed by atoms with E-state index in [-0.39, 0.29) is 24.6 Å². The highest BCUT2D eigenvalue weighted by Crippen LogP contribution is 2.37. The molecule has 0 saturated carbocycles. The molecule has 3 aromatic carbocycles. The van der Waals surface area contributed by atoms with Gasteiger partial charge in [-0.2, -0.15) is 0 Å². The first-order chi connectivity index (χ1) is 18.9. The molecule has 1 amide bonds. The molecule has 3 heterocycles. The molecule has 9 heteroatoms. The fraction of sp³-hybridized carbons (Fsp3) is 0.133.